The molecule has 0 amide bonds. The molecule has 1 unspecified atom stereocenters. The van der Waals surface area contributed by atoms with Gasteiger partial charge in [0.05, 0.1) is 12.2 Å². The molecular formula is C25H48O3Si2. The Bertz CT molecular complexity index is 611. The molecule has 0 bridgehead atoms. The van der Waals surface area contributed by atoms with Gasteiger partial charge in [0, 0.05) is 12.3 Å². The minimum atomic E-state index is -1.87. The van der Waals surface area contributed by atoms with Gasteiger partial charge in [-0.2, -0.15) is 0 Å². The first-order valence-electron chi connectivity index (χ1n) is 11.8. The summed E-state index contributed by atoms with van der Waals surface area (Å²) in [6.45, 7) is 26.8. The van der Waals surface area contributed by atoms with Crippen molar-refractivity contribution < 1.29 is 13.6 Å². The summed E-state index contributed by atoms with van der Waals surface area (Å²) in [7, 11) is -3.29. The van der Waals surface area contributed by atoms with E-state index in [0.717, 1.165) is 6.42 Å². The fourth-order valence-corrected chi connectivity index (χ4v) is 5.78. The Labute approximate surface area is 189 Å². The molecule has 0 aliphatic heterocycles. The predicted molar refractivity (Wildman–Crippen MR) is 135 cm³/mol. The summed E-state index contributed by atoms with van der Waals surface area (Å²) in [6.07, 6.45) is 9.50. The lowest BCUT2D eigenvalue weighted by Gasteiger charge is -2.39. The number of hydrogen-bond acceptors (Lipinski definition) is 3. The van der Waals surface area contributed by atoms with Crippen LogP contribution in [0.2, 0.25) is 29.7 Å². The van der Waals surface area contributed by atoms with Crippen LogP contribution in [0.3, 0.4) is 0 Å². The van der Waals surface area contributed by atoms with Crippen molar-refractivity contribution in [2.75, 3.05) is 0 Å². The average molecular weight is 453 g/mol. The molecule has 0 aromatic rings. The number of rotatable bonds is 10. The van der Waals surface area contributed by atoms with Crippen LogP contribution < -0.4 is 0 Å². The smallest absolute Gasteiger partial charge is 0.192 e. The van der Waals surface area contributed by atoms with Crippen molar-refractivity contribution in [1.82, 2.24) is 0 Å². The number of hydrogen-bond donors (Lipinski definition) is 0. The summed E-state index contributed by atoms with van der Waals surface area (Å²) in [5.41, 5.74) is 0.700. The van der Waals surface area contributed by atoms with Crippen molar-refractivity contribution in [3.63, 3.8) is 0 Å². The third kappa shape index (κ3) is 7.88. The van der Waals surface area contributed by atoms with E-state index in [9.17, 15) is 4.79 Å². The monoisotopic (exact) mass is 452 g/mol. The lowest BCUT2D eigenvalue weighted by molar-refractivity contribution is -0.115. The maximum atomic E-state index is 12.4. The van der Waals surface area contributed by atoms with E-state index in [-0.39, 0.29) is 34.0 Å². The standard InChI is InChI=1S/C25H48O3Si2/c1-12-13-14-15-20(28-30(10,11)25(6,7)8)16-17-21-19(2)22(26)18-23(21)27-29(9)24(3,4)5/h16-17,20-21,23,29H,2,12-15,18H2,1,3-11H3/t20-,21+,23+,29?/m0/s1. The fourth-order valence-electron chi connectivity index (χ4n) is 3.28. The number of carbonyl (C=O) groups excluding carboxylic acids is 1. The molecule has 1 aliphatic rings. The van der Waals surface area contributed by atoms with E-state index in [4.69, 9.17) is 8.85 Å². The second kappa shape index (κ2) is 10.9. The van der Waals surface area contributed by atoms with E-state index >= 15 is 0 Å². The van der Waals surface area contributed by atoms with Crippen LogP contribution in [0.5, 0.6) is 0 Å². The largest absolute Gasteiger partial charge is 0.415 e. The van der Waals surface area contributed by atoms with Gasteiger partial charge < -0.3 is 8.85 Å². The molecule has 174 valence electrons. The Kier molecular flexibility index (Phi) is 9.99. The third-order valence-electron chi connectivity index (χ3n) is 7.02. The Morgan fingerprint density at radius 1 is 1.20 bits per heavy atom. The SMILES string of the molecule is C=C1C(=O)C[C@@H](O[SiH](C)C(C)(C)C)[C@@H]1C=C[C@H](CCCCC)O[Si](C)(C)C(C)(C)C. The highest BCUT2D eigenvalue weighted by molar-refractivity contribution is 6.74. The lowest BCUT2D eigenvalue weighted by Crippen LogP contribution is -2.43. The molecule has 0 aromatic carbocycles. The highest BCUT2D eigenvalue weighted by atomic mass is 28.4. The first-order chi connectivity index (χ1) is 13.6. The Balaban J connectivity index is 3.01. The molecule has 1 fully saturated rings. The van der Waals surface area contributed by atoms with Gasteiger partial charge in [-0.15, -0.1) is 0 Å². The molecule has 1 rings (SSSR count). The molecule has 3 nitrogen and oxygen atoms in total. The van der Waals surface area contributed by atoms with E-state index in [2.05, 4.69) is 86.8 Å². The van der Waals surface area contributed by atoms with Gasteiger partial charge in [-0.05, 0) is 41.7 Å². The Morgan fingerprint density at radius 2 is 1.80 bits per heavy atom. The summed E-state index contributed by atoms with van der Waals surface area (Å²) in [4.78, 5) is 12.4. The van der Waals surface area contributed by atoms with Crippen molar-refractivity contribution >= 4 is 23.1 Å². The molecule has 0 spiro atoms. The van der Waals surface area contributed by atoms with Gasteiger partial charge in [-0.1, -0.05) is 86.5 Å². The van der Waals surface area contributed by atoms with Crippen LogP contribution >= 0.6 is 0 Å². The molecule has 30 heavy (non-hydrogen) atoms. The lowest BCUT2D eigenvalue weighted by atomic mass is 10.00. The van der Waals surface area contributed by atoms with Crippen LogP contribution in [0.25, 0.3) is 0 Å². The van der Waals surface area contributed by atoms with Gasteiger partial charge in [0.25, 0.3) is 0 Å². The van der Waals surface area contributed by atoms with Crippen LogP contribution in [-0.4, -0.2) is 35.3 Å². The second-order valence-corrected chi connectivity index (χ2v) is 19.7. The molecular weight excluding hydrogens is 404 g/mol. The van der Waals surface area contributed by atoms with Crippen molar-refractivity contribution in [2.24, 2.45) is 5.92 Å². The van der Waals surface area contributed by atoms with E-state index in [1.54, 1.807) is 0 Å². The van der Waals surface area contributed by atoms with Crippen LogP contribution in [0.1, 0.15) is 80.6 Å². The second-order valence-electron chi connectivity index (χ2n) is 11.7. The maximum Gasteiger partial charge on any atom is 0.192 e. The van der Waals surface area contributed by atoms with E-state index in [1.165, 1.54) is 19.3 Å². The third-order valence-corrected chi connectivity index (χ3v) is 14.7. The van der Waals surface area contributed by atoms with E-state index in [1.807, 2.05) is 0 Å². The molecule has 1 saturated carbocycles. The Morgan fingerprint density at radius 3 is 2.30 bits per heavy atom. The van der Waals surface area contributed by atoms with Gasteiger partial charge in [-0.3, -0.25) is 4.79 Å². The summed E-state index contributed by atoms with van der Waals surface area (Å²) in [5, 5.41) is 0.353. The topological polar surface area (TPSA) is 35.5 Å². The summed E-state index contributed by atoms with van der Waals surface area (Å²) in [6, 6.07) is 0. The van der Waals surface area contributed by atoms with Crippen LogP contribution in [-0.2, 0) is 13.6 Å². The van der Waals surface area contributed by atoms with Gasteiger partial charge in [0.2, 0.25) is 0 Å². The zero-order valence-corrected chi connectivity index (χ0v) is 23.6. The molecule has 0 radical (unpaired) electrons. The van der Waals surface area contributed by atoms with Gasteiger partial charge >= 0.3 is 0 Å². The highest BCUT2D eigenvalue weighted by Crippen LogP contribution is 2.39. The first-order valence-corrected chi connectivity index (χ1v) is 16.9. The van der Waals surface area contributed by atoms with Crippen molar-refractivity contribution in [1.29, 1.82) is 0 Å². The Hall–Kier alpha value is -0.496. The van der Waals surface area contributed by atoms with Crippen LogP contribution in [0.4, 0.5) is 0 Å². The first kappa shape index (κ1) is 27.5. The number of Topliss-reactive ketones (excluding diaryl/α,β-unsaturated/α-hetero) is 1. The summed E-state index contributed by atoms with van der Waals surface area (Å²) >= 11 is 0. The predicted octanol–water partition coefficient (Wildman–Crippen LogP) is 7.20. The molecule has 0 N–H and O–H groups in total. The van der Waals surface area contributed by atoms with E-state index in [0.29, 0.717) is 12.0 Å². The summed E-state index contributed by atoms with van der Waals surface area (Å²) in [5.74, 6) is 0.129. The molecule has 5 heteroatoms. The maximum absolute atomic E-state index is 12.4. The van der Waals surface area contributed by atoms with Crippen LogP contribution in [0.15, 0.2) is 24.3 Å². The number of ketones is 1. The quantitative estimate of drug-likeness (QED) is 0.152. The normalized spacial score (nSPS) is 23.4. The zero-order chi connectivity index (χ0) is 23.3. The zero-order valence-electron chi connectivity index (χ0n) is 21.4. The molecule has 0 aromatic heterocycles. The average Bonchev–Trinajstić information content (AvgIpc) is 2.84. The summed E-state index contributed by atoms with van der Waals surface area (Å²) < 4.78 is 13.2. The van der Waals surface area contributed by atoms with Crippen molar-refractivity contribution in [3.8, 4) is 0 Å². The van der Waals surface area contributed by atoms with Crippen LogP contribution in [0, 0.1) is 5.92 Å². The van der Waals surface area contributed by atoms with Gasteiger partial charge in [-0.25, -0.2) is 0 Å². The fraction of sp³-hybridized carbons (Fsp3) is 0.800. The highest BCUT2D eigenvalue weighted by Gasteiger charge is 2.40. The number of carbonyl (C=O) groups is 1. The molecule has 4 atom stereocenters. The number of unbranched alkanes of at least 4 members (excludes halogenated alkanes) is 2. The molecule has 0 heterocycles. The van der Waals surface area contributed by atoms with Crippen molar-refractivity contribution in [3.05, 3.63) is 24.3 Å². The minimum Gasteiger partial charge on any atom is -0.415 e. The molecule has 0 saturated heterocycles. The minimum absolute atomic E-state index is 0.0218. The molecule has 1 aliphatic carbocycles. The van der Waals surface area contributed by atoms with E-state index < -0.39 is 17.4 Å². The van der Waals surface area contributed by atoms with Crippen molar-refractivity contribution in [2.45, 2.75) is 122 Å². The van der Waals surface area contributed by atoms with Gasteiger partial charge in [0.1, 0.15) is 0 Å². The van der Waals surface area contributed by atoms with Gasteiger partial charge in [0.15, 0.2) is 23.1 Å².